The van der Waals surface area contributed by atoms with E-state index in [1.165, 1.54) is 18.2 Å². The molecule has 1 rings (SSSR count). The Morgan fingerprint density at radius 1 is 1.33 bits per heavy atom. The lowest BCUT2D eigenvalue weighted by Gasteiger charge is -2.29. The fraction of sp³-hybridized carbons (Fsp3) is 0.400. The predicted octanol–water partition coefficient (Wildman–Crippen LogP) is 1.70. The molecule has 0 aliphatic rings. The van der Waals surface area contributed by atoms with E-state index >= 15 is 0 Å². The van der Waals surface area contributed by atoms with E-state index in [2.05, 4.69) is 0 Å². The van der Waals surface area contributed by atoms with Gasteiger partial charge in [0.25, 0.3) is 0 Å². The molecule has 15 heavy (non-hydrogen) atoms. The van der Waals surface area contributed by atoms with E-state index in [1.807, 2.05) is 0 Å². The van der Waals surface area contributed by atoms with Crippen LogP contribution in [0.4, 0.5) is 13.2 Å². The van der Waals surface area contributed by atoms with Crippen molar-refractivity contribution < 1.29 is 18.3 Å². The number of hydrogen-bond acceptors (Lipinski definition) is 2. The topological polar surface area (TPSA) is 46.2 Å². The number of alkyl halides is 3. The largest absolute Gasteiger partial charge is 0.422 e. The lowest BCUT2D eigenvalue weighted by molar-refractivity contribution is -0.262. The fourth-order valence-electron chi connectivity index (χ4n) is 1.30. The van der Waals surface area contributed by atoms with Gasteiger partial charge in [-0.25, -0.2) is 0 Å². The molecule has 0 amide bonds. The van der Waals surface area contributed by atoms with Crippen molar-refractivity contribution in [3.8, 4) is 0 Å². The second kappa shape index (κ2) is 3.83. The maximum atomic E-state index is 12.6. The second-order valence-electron chi connectivity index (χ2n) is 3.43. The van der Waals surface area contributed by atoms with Crippen molar-refractivity contribution in [2.45, 2.75) is 18.7 Å². The van der Waals surface area contributed by atoms with Gasteiger partial charge in [-0.3, -0.25) is 0 Å². The molecule has 0 aliphatic heterocycles. The van der Waals surface area contributed by atoms with Crippen LogP contribution in [0, 0.1) is 6.92 Å². The summed E-state index contributed by atoms with van der Waals surface area (Å²) in [4.78, 5) is 0. The lowest BCUT2D eigenvalue weighted by Crippen LogP contribution is -2.48. The molecule has 0 fully saturated rings. The summed E-state index contributed by atoms with van der Waals surface area (Å²) in [6.07, 6.45) is -4.77. The SMILES string of the molecule is Cc1cccc(C(O)(CN)C(F)(F)F)c1. The Kier molecular flexibility index (Phi) is 3.06. The van der Waals surface area contributed by atoms with Gasteiger partial charge in [-0.15, -0.1) is 0 Å². The highest BCUT2D eigenvalue weighted by Crippen LogP contribution is 2.38. The molecule has 5 heteroatoms. The van der Waals surface area contributed by atoms with E-state index in [-0.39, 0.29) is 5.56 Å². The Morgan fingerprint density at radius 2 is 1.93 bits per heavy atom. The van der Waals surface area contributed by atoms with Crippen molar-refractivity contribution in [3.05, 3.63) is 35.4 Å². The number of aryl methyl sites for hydroxylation is 1. The van der Waals surface area contributed by atoms with Crippen molar-refractivity contribution in [2.75, 3.05) is 6.54 Å². The lowest BCUT2D eigenvalue weighted by atomic mass is 9.92. The highest BCUT2D eigenvalue weighted by Gasteiger charge is 2.53. The predicted molar refractivity (Wildman–Crippen MR) is 50.2 cm³/mol. The first-order valence-corrected chi connectivity index (χ1v) is 4.37. The van der Waals surface area contributed by atoms with E-state index in [0.29, 0.717) is 5.56 Å². The molecule has 1 unspecified atom stereocenters. The van der Waals surface area contributed by atoms with Crippen molar-refractivity contribution in [1.29, 1.82) is 0 Å². The highest BCUT2D eigenvalue weighted by atomic mass is 19.4. The number of hydrogen-bond donors (Lipinski definition) is 2. The molecule has 0 radical (unpaired) electrons. The van der Waals surface area contributed by atoms with E-state index in [1.54, 1.807) is 13.0 Å². The van der Waals surface area contributed by atoms with Gasteiger partial charge in [-0.05, 0) is 12.5 Å². The van der Waals surface area contributed by atoms with Crippen LogP contribution in [0.25, 0.3) is 0 Å². The summed E-state index contributed by atoms with van der Waals surface area (Å²) < 4.78 is 37.8. The van der Waals surface area contributed by atoms with Crippen molar-refractivity contribution >= 4 is 0 Å². The Labute approximate surface area is 85.5 Å². The Morgan fingerprint density at radius 3 is 2.33 bits per heavy atom. The quantitative estimate of drug-likeness (QED) is 0.795. The van der Waals surface area contributed by atoms with Crippen molar-refractivity contribution in [2.24, 2.45) is 5.73 Å². The molecule has 1 aromatic carbocycles. The van der Waals surface area contributed by atoms with Crippen LogP contribution in [0.1, 0.15) is 11.1 Å². The molecule has 2 nitrogen and oxygen atoms in total. The molecular formula is C10H12F3NO. The number of rotatable bonds is 2. The van der Waals surface area contributed by atoms with Crippen LogP contribution in [0.15, 0.2) is 24.3 Å². The van der Waals surface area contributed by atoms with Crippen LogP contribution in [0.5, 0.6) is 0 Å². The third kappa shape index (κ3) is 2.13. The second-order valence-corrected chi connectivity index (χ2v) is 3.43. The maximum Gasteiger partial charge on any atom is 0.422 e. The van der Waals surface area contributed by atoms with Gasteiger partial charge in [0.1, 0.15) is 0 Å². The molecule has 84 valence electrons. The van der Waals surface area contributed by atoms with E-state index in [4.69, 9.17) is 5.73 Å². The minimum Gasteiger partial charge on any atom is -0.375 e. The summed E-state index contributed by atoms with van der Waals surface area (Å²) in [7, 11) is 0. The van der Waals surface area contributed by atoms with Crippen LogP contribution >= 0.6 is 0 Å². The summed E-state index contributed by atoms with van der Waals surface area (Å²) in [5, 5.41) is 9.50. The fourth-order valence-corrected chi connectivity index (χ4v) is 1.30. The van der Waals surface area contributed by atoms with Gasteiger partial charge in [0.2, 0.25) is 0 Å². The summed E-state index contributed by atoms with van der Waals surface area (Å²) in [5.41, 5.74) is 2.46. The van der Waals surface area contributed by atoms with Gasteiger partial charge in [0.05, 0.1) is 0 Å². The summed E-state index contributed by atoms with van der Waals surface area (Å²) >= 11 is 0. The minimum absolute atomic E-state index is 0.225. The maximum absolute atomic E-state index is 12.6. The van der Waals surface area contributed by atoms with Gasteiger partial charge >= 0.3 is 6.18 Å². The zero-order chi connectivity index (χ0) is 11.7. The van der Waals surface area contributed by atoms with Gasteiger partial charge in [0, 0.05) is 6.54 Å². The molecule has 0 aromatic heterocycles. The first-order valence-electron chi connectivity index (χ1n) is 4.37. The van der Waals surface area contributed by atoms with Crippen LogP contribution in [0.3, 0.4) is 0 Å². The third-order valence-electron chi connectivity index (χ3n) is 2.26. The zero-order valence-electron chi connectivity index (χ0n) is 8.17. The van der Waals surface area contributed by atoms with Gasteiger partial charge in [0.15, 0.2) is 5.60 Å². The molecule has 0 heterocycles. The van der Waals surface area contributed by atoms with E-state index in [9.17, 15) is 18.3 Å². The molecule has 0 spiro atoms. The number of halogens is 3. The monoisotopic (exact) mass is 219 g/mol. The average Bonchev–Trinajstić information content (AvgIpc) is 2.14. The molecule has 1 aromatic rings. The van der Waals surface area contributed by atoms with Crippen LogP contribution in [0.2, 0.25) is 0 Å². The highest BCUT2D eigenvalue weighted by molar-refractivity contribution is 5.29. The molecule has 0 aliphatic carbocycles. The zero-order valence-corrected chi connectivity index (χ0v) is 8.17. The summed E-state index contributed by atoms with van der Waals surface area (Å²) in [5.74, 6) is 0. The molecule has 1 atom stereocenters. The molecular weight excluding hydrogens is 207 g/mol. The van der Waals surface area contributed by atoms with E-state index in [0.717, 1.165) is 0 Å². The molecule has 0 saturated carbocycles. The minimum atomic E-state index is -4.77. The molecule has 3 N–H and O–H groups in total. The average molecular weight is 219 g/mol. The first kappa shape index (κ1) is 12.0. The Bertz CT molecular complexity index is 351. The molecule has 0 saturated heterocycles. The Hall–Kier alpha value is -1.07. The van der Waals surface area contributed by atoms with Crippen LogP contribution < -0.4 is 5.73 Å². The van der Waals surface area contributed by atoms with Gasteiger partial charge in [-0.1, -0.05) is 29.8 Å². The smallest absolute Gasteiger partial charge is 0.375 e. The normalized spacial score (nSPS) is 16.1. The molecule has 0 bridgehead atoms. The van der Waals surface area contributed by atoms with Crippen molar-refractivity contribution in [3.63, 3.8) is 0 Å². The van der Waals surface area contributed by atoms with Gasteiger partial charge in [-0.2, -0.15) is 13.2 Å². The van der Waals surface area contributed by atoms with Crippen LogP contribution in [-0.4, -0.2) is 17.8 Å². The number of aliphatic hydroxyl groups is 1. The third-order valence-corrected chi connectivity index (χ3v) is 2.26. The Balaban J connectivity index is 3.23. The number of benzene rings is 1. The standard InChI is InChI=1S/C10H12F3NO/c1-7-3-2-4-8(5-7)9(15,6-14)10(11,12)13/h2-5,15H,6,14H2,1H3. The summed E-state index contributed by atoms with van der Waals surface area (Å²) in [6, 6.07) is 5.60. The summed E-state index contributed by atoms with van der Waals surface area (Å²) in [6.45, 7) is 0.761. The number of nitrogens with two attached hydrogens (primary N) is 1. The first-order chi connectivity index (χ1) is 6.81. The van der Waals surface area contributed by atoms with Gasteiger partial charge < -0.3 is 10.8 Å². The van der Waals surface area contributed by atoms with E-state index < -0.39 is 18.3 Å². The van der Waals surface area contributed by atoms with Crippen molar-refractivity contribution in [1.82, 2.24) is 0 Å². The van der Waals surface area contributed by atoms with Crippen LogP contribution in [-0.2, 0) is 5.60 Å².